The summed E-state index contributed by atoms with van der Waals surface area (Å²) in [5.74, 6) is -3.43. The summed E-state index contributed by atoms with van der Waals surface area (Å²) in [6.07, 6.45) is -1.44. The van der Waals surface area contributed by atoms with Gasteiger partial charge in [-0.25, -0.2) is 0 Å². The number of carbonyl (C=O) groups excluding carboxylic acids is 2. The summed E-state index contributed by atoms with van der Waals surface area (Å²) < 4.78 is 96.0. The zero-order valence-corrected chi connectivity index (χ0v) is 30.4. The van der Waals surface area contributed by atoms with E-state index in [4.69, 9.17) is 17.3 Å². The summed E-state index contributed by atoms with van der Waals surface area (Å²) >= 11 is 5.82. The zero-order valence-electron chi connectivity index (χ0n) is 24.0. The number of anilines is 4. The largest absolute Gasteiger partial charge is 0.397 e. The van der Waals surface area contributed by atoms with Crippen molar-refractivity contribution in [2.45, 2.75) is 23.3 Å². The fourth-order valence-corrected chi connectivity index (χ4v) is 6.26. The van der Waals surface area contributed by atoms with Crippen molar-refractivity contribution in [3.8, 4) is 0 Å². The monoisotopic (exact) mass is 711 g/mol. The molecule has 0 unspecified atom stereocenters. The number of nitrogens with one attached hydrogen (secondary N) is 2. The Hall–Kier alpha value is -2.55. The number of nitrogen functional groups attached to an aromatic ring is 1. The van der Waals surface area contributed by atoms with Gasteiger partial charge in [-0.05, 0) is 30.2 Å². The molecule has 230 valence electrons. The molecule has 1 aliphatic carbocycles. The molecule has 0 atom stereocenters. The van der Waals surface area contributed by atoms with E-state index in [0.29, 0.717) is 0 Å². The normalized spacial score (nSPS) is 12.4. The van der Waals surface area contributed by atoms with Crippen LogP contribution in [0.3, 0.4) is 0 Å². The minimum Gasteiger partial charge on any atom is -0.397 e. The van der Waals surface area contributed by atoms with Gasteiger partial charge in [0.1, 0.15) is 9.92 Å². The van der Waals surface area contributed by atoms with Gasteiger partial charge in [-0.3, -0.25) is 18.7 Å². The Bertz CT molecular complexity index is 2170. The van der Waals surface area contributed by atoms with Crippen LogP contribution in [0.1, 0.15) is 43.0 Å². The number of ketones is 2. The smallest absolute Gasteiger partial charge is 0.313 e. The third-order valence-corrected chi connectivity index (χ3v) is 8.88. The van der Waals surface area contributed by atoms with Crippen LogP contribution in [0.25, 0.3) is 0 Å². The number of fused-ring (bicyclic) bond motifs is 2. The first-order valence-corrected chi connectivity index (χ1v) is 15.4. The molecule has 4 aromatic rings. The molecule has 6 N–H and O–H groups in total. The summed E-state index contributed by atoms with van der Waals surface area (Å²) in [6.45, 7) is 0.955. The van der Waals surface area contributed by atoms with Crippen LogP contribution in [0.15, 0.2) is 52.3 Å². The summed E-state index contributed by atoms with van der Waals surface area (Å²) in [5.41, 5.74) is 3.78. The summed E-state index contributed by atoms with van der Waals surface area (Å²) in [6, 6.07) is 8.61. The second kappa shape index (κ2) is 13.9. The molecule has 5 rings (SSSR count). The van der Waals surface area contributed by atoms with Crippen LogP contribution in [0.4, 0.5) is 31.7 Å². The predicted octanol–water partition coefficient (Wildman–Crippen LogP) is 3.16. The molecule has 13 nitrogen and oxygen atoms in total. The van der Waals surface area contributed by atoms with Crippen LogP contribution < -0.4 is 16.4 Å². The molecule has 1 aliphatic rings. The minimum absolute atomic E-state index is 0. The molecule has 1 aromatic heterocycles. The molecule has 0 bridgehead atoms. The molecular weight excluding hydrogens is 694 g/mol. The van der Waals surface area contributed by atoms with Gasteiger partial charge in [0, 0.05) is 82.5 Å². The van der Waals surface area contributed by atoms with Crippen molar-refractivity contribution in [3.63, 3.8) is 0 Å². The first kappa shape index (κ1) is 37.9. The van der Waals surface area contributed by atoms with Crippen molar-refractivity contribution >= 4 is 125 Å². The Morgan fingerprint density at radius 2 is 1.41 bits per heavy atom. The SMILES string of the molecule is Cc1cc(CNc2nc(F)nc(F)c2Cl)c(Nc2cc(S(=O)(=O)O)c(N)c3c2C(=O)c2ccccc2C3=O)cc1S(=O)(=O)O.[Na].[Na]. The van der Waals surface area contributed by atoms with Crippen LogP contribution in [-0.4, -0.2) is 107 Å². The number of aryl methyl sites for hydroxylation is 1. The van der Waals surface area contributed by atoms with E-state index in [1.54, 1.807) is 0 Å². The maximum atomic E-state index is 13.9. The number of aromatic nitrogens is 2. The van der Waals surface area contributed by atoms with Gasteiger partial charge in [-0.2, -0.15) is 35.6 Å². The Morgan fingerprint density at radius 3 is 1.98 bits per heavy atom. The molecule has 46 heavy (non-hydrogen) atoms. The molecule has 0 aliphatic heterocycles. The Labute approximate surface area is 309 Å². The van der Waals surface area contributed by atoms with Gasteiger partial charge in [0.25, 0.3) is 20.2 Å². The van der Waals surface area contributed by atoms with Crippen molar-refractivity contribution in [3.05, 3.63) is 92.9 Å². The zero-order chi connectivity index (χ0) is 32.3. The maximum Gasteiger partial charge on any atom is 0.313 e. The third kappa shape index (κ3) is 7.14. The summed E-state index contributed by atoms with van der Waals surface area (Å²) in [5, 5.41) is 4.60. The molecule has 0 spiro atoms. The van der Waals surface area contributed by atoms with Gasteiger partial charge in [0.05, 0.1) is 27.4 Å². The number of nitrogens with two attached hydrogens (primary N) is 1. The van der Waals surface area contributed by atoms with Crippen molar-refractivity contribution in [2.75, 3.05) is 16.4 Å². The Balaban J connectivity index is 0.00000288. The van der Waals surface area contributed by atoms with E-state index < -0.39 is 87.0 Å². The van der Waals surface area contributed by atoms with Gasteiger partial charge in [0.15, 0.2) is 17.4 Å². The number of hydrogen-bond donors (Lipinski definition) is 5. The quantitative estimate of drug-likeness (QED) is 0.0539. The first-order chi connectivity index (χ1) is 20.5. The van der Waals surface area contributed by atoms with Gasteiger partial charge in [0.2, 0.25) is 5.95 Å². The van der Waals surface area contributed by atoms with Crippen LogP contribution in [0, 0.1) is 18.9 Å². The summed E-state index contributed by atoms with van der Waals surface area (Å²) in [4.78, 5) is 31.8. The van der Waals surface area contributed by atoms with E-state index in [9.17, 15) is 44.3 Å². The van der Waals surface area contributed by atoms with Crippen molar-refractivity contribution < 1.29 is 44.3 Å². The first-order valence-electron chi connectivity index (χ1n) is 12.1. The van der Waals surface area contributed by atoms with E-state index >= 15 is 0 Å². The molecule has 20 heteroatoms. The molecule has 2 radical (unpaired) electrons. The fourth-order valence-electron chi connectivity index (χ4n) is 4.73. The summed E-state index contributed by atoms with van der Waals surface area (Å²) in [7, 11) is -9.93. The second-order valence-corrected chi connectivity index (χ2v) is 12.6. The molecule has 0 saturated carbocycles. The molecule has 1 heterocycles. The van der Waals surface area contributed by atoms with Gasteiger partial charge in [-0.1, -0.05) is 41.9 Å². The van der Waals surface area contributed by atoms with Crippen LogP contribution in [0.5, 0.6) is 0 Å². The average molecular weight is 712 g/mol. The molecule has 3 aromatic carbocycles. The molecule has 0 amide bonds. The van der Waals surface area contributed by atoms with E-state index in [-0.39, 0.29) is 93.6 Å². The standard InChI is InChI=1S/C26H18ClF2N5O8S2.2Na/c1-10-6-11(9-31-25-20(27)24(28)33-26(29)34-25)14(7-16(10)43(37,38)39)32-15-8-17(44(40,41)42)21(30)19-18(15)22(35)12-4-2-3-5-13(12)23(19)36;;/h2-8,32H,9,30H2,1H3,(H,31,33,34)(H,37,38,39)(H,40,41,42);;. The van der Waals surface area contributed by atoms with E-state index in [1.807, 2.05) is 0 Å². The number of carbonyl (C=O) groups is 2. The Morgan fingerprint density at radius 1 is 0.870 bits per heavy atom. The van der Waals surface area contributed by atoms with Gasteiger partial charge < -0.3 is 16.4 Å². The number of hydrogen-bond acceptors (Lipinski definition) is 11. The Kier molecular flexibility index (Phi) is 11.4. The number of benzene rings is 3. The maximum absolute atomic E-state index is 13.9. The number of rotatable bonds is 7. The molecule has 0 fully saturated rings. The third-order valence-electron chi connectivity index (χ3n) is 6.66. The van der Waals surface area contributed by atoms with Crippen molar-refractivity contribution in [1.29, 1.82) is 0 Å². The van der Waals surface area contributed by atoms with Crippen LogP contribution in [-0.2, 0) is 26.8 Å². The minimum atomic E-state index is -5.08. The van der Waals surface area contributed by atoms with Crippen molar-refractivity contribution in [2.24, 2.45) is 0 Å². The van der Waals surface area contributed by atoms with Gasteiger partial charge >= 0.3 is 6.08 Å². The average Bonchev–Trinajstić information content (AvgIpc) is 2.93. The predicted molar refractivity (Wildman–Crippen MR) is 164 cm³/mol. The van der Waals surface area contributed by atoms with Crippen LogP contribution in [0.2, 0.25) is 5.02 Å². The van der Waals surface area contributed by atoms with E-state index in [2.05, 4.69) is 20.6 Å². The number of halogens is 3. The van der Waals surface area contributed by atoms with Crippen LogP contribution >= 0.6 is 11.6 Å². The molecule has 0 saturated heterocycles. The topological polar surface area (TPSA) is 219 Å². The van der Waals surface area contributed by atoms with E-state index in [0.717, 1.165) is 12.1 Å². The van der Waals surface area contributed by atoms with E-state index in [1.165, 1.54) is 37.3 Å². The fraction of sp³-hybridized carbons (Fsp3) is 0.0769. The molecular formula is C26H18ClF2N5Na2O8S2. The van der Waals surface area contributed by atoms with Crippen molar-refractivity contribution in [1.82, 2.24) is 9.97 Å². The van der Waals surface area contributed by atoms with Gasteiger partial charge in [-0.15, -0.1) is 0 Å². The second-order valence-electron chi connectivity index (χ2n) is 9.44. The number of nitrogens with zero attached hydrogens (tertiary/aromatic N) is 2.